The molecule has 130 valence electrons. The zero-order chi connectivity index (χ0) is 16.8. The maximum Gasteiger partial charge on any atom is 0.338 e. The largest absolute Gasteiger partial charge is 0.452 e. The molecule has 3 rings (SSSR count). The van der Waals surface area contributed by atoms with Crippen LogP contribution in [0.25, 0.3) is 0 Å². The third-order valence-corrected chi connectivity index (χ3v) is 5.28. The fourth-order valence-corrected chi connectivity index (χ4v) is 3.88. The number of hydrogen-bond donors (Lipinski definition) is 1. The normalized spacial score (nSPS) is 19.2. The van der Waals surface area contributed by atoms with Crippen molar-refractivity contribution in [2.45, 2.75) is 69.7 Å². The van der Waals surface area contributed by atoms with Crippen molar-refractivity contribution in [3.8, 4) is 0 Å². The Morgan fingerprint density at radius 3 is 2.21 bits per heavy atom. The second-order valence-electron chi connectivity index (χ2n) is 7.08. The highest BCUT2D eigenvalue weighted by atomic mass is 16.5. The molecule has 0 atom stereocenters. The lowest BCUT2D eigenvalue weighted by molar-refractivity contribution is -0.124. The summed E-state index contributed by atoms with van der Waals surface area (Å²) in [4.78, 5) is 23.9. The van der Waals surface area contributed by atoms with Crippen LogP contribution in [0.3, 0.4) is 0 Å². The van der Waals surface area contributed by atoms with Gasteiger partial charge in [-0.15, -0.1) is 0 Å². The third-order valence-electron chi connectivity index (χ3n) is 5.28. The smallest absolute Gasteiger partial charge is 0.338 e. The van der Waals surface area contributed by atoms with Crippen LogP contribution in [0.5, 0.6) is 0 Å². The second-order valence-corrected chi connectivity index (χ2v) is 7.08. The Morgan fingerprint density at radius 1 is 0.917 bits per heavy atom. The van der Waals surface area contributed by atoms with Gasteiger partial charge in [0.15, 0.2) is 6.61 Å². The monoisotopic (exact) mass is 329 g/mol. The Labute approximate surface area is 144 Å². The summed E-state index contributed by atoms with van der Waals surface area (Å²) in [6.07, 6.45) is 10.8. The van der Waals surface area contributed by atoms with Crippen LogP contribution in [0.2, 0.25) is 0 Å². The van der Waals surface area contributed by atoms with Crippen molar-refractivity contribution in [3.63, 3.8) is 0 Å². The quantitative estimate of drug-likeness (QED) is 0.832. The number of ether oxygens (including phenoxy) is 1. The lowest BCUT2D eigenvalue weighted by atomic mass is 9.84. The summed E-state index contributed by atoms with van der Waals surface area (Å²) < 4.78 is 5.13. The molecule has 0 heterocycles. The Balaban J connectivity index is 1.46. The molecule has 4 nitrogen and oxygen atoms in total. The van der Waals surface area contributed by atoms with E-state index in [0.29, 0.717) is 11.5 Å². The van der Waals surface area contributed by atoms with E-state index in [1.807, 2.05) is 24.3 Å². The van der Waals surface area contributed by atoms with Crippen molar-refractivity contribution < 1.29 is 14.3 Å². The van der Waals surface area contributed by atoms with Crippen LogP contribution in [0.4, 0.5) is 0 Å². The molecular weight excluding hydrogens is 302 g/mol. The number of carbonyl (C=O) groups excluding carboxylic acids is 2. The maximum atomic E-state index is 12.1. The van der Waals surface area contributed by atoms with Crippen molar-refractivity contribution >= 4 is 11.9 Å². The average Bonchev–Trinajstić information content (AvgIpc) is 3.13. The molecule has 1 amide bonds. The van der Waals surface area contributed by atoms with E-state index in [1.165, 1.54) is 37.7 Å². The molecule has 1 aromatic rings. The molecule has 4 heteroatoms. The Bertz CT molecular complexity index is 555. The van der Waals surface area contributed by atoms with Gasteiger partial charge in [0, 0.05) is 6.04 Å². The summed E-state index contributed by atoms with van der Waals surface area (Å²) in [5, 5.41) is 2.92. The topological polar surface area (TPSA) is 55.4 Å². The molecule has 0 saturated heterocycles. The fourth-order valence-electron chi connectivity index (χ4n) is 3.88. The van der Waals surface area contributed by atoms with Gasteiger partial charge >= 0.3 is 5.97 Å². The van der Waals surface area contributed by atoms with Gasteiger partial charge in [-0.3, -0.25) is 4.79 Å². The van der Waals surface area contributed by atoms with Crippen molar-refractivity contribution in [1.29, 1.82) is 0 Å². The van der Waals surface area contributed by atoms with Crippen LogP contribution >= 0.6 is 0 Å². The molecule has 0 radical (unpaired) electrons. The molecule has 0 unspecified atom stereocenters. The zero-order valence-electron chi connectivity index (χ0n) is 14.3. The first-order valence-corrected chi connectivity index (χ1v) is 9.29. The first-order chi connectivity index (χ1) is 11.7. The SMILES string of the molecule is O=C(COC(=O)c1ccc(C2CCCCC2)cc1)NC1CCCC1. The van der Waals surface area contributed by atoms with E-state index in [-0.39, 0.29) is 18.6 Å². The summed E-state index contributed by atoms with van der Waals surface area (Å²) >= 11 is 0. The number of rotatable bonds is 5. The molecule has 0 aliphatic heterocycles. The first-order valence-electron chi connectivity index (χ1n) is 9.29. The Kier molecular flexibility index (Phi) is 5.89. The highest BCUT2D eigenvalue weighted by Gasteiger charge is 2.19. The number of amides is 1. The number of nitrogens with one attached hydrogen (secondary N) is 1. The maximum absolute atomic E-state index is 12.1. The lowest BCUT2D eigenvalue weighted by Crippen LogP contribution is -2.35. The van der Waals surface area contributed by atoms with Gasteiger partial charge in [0.25, 0.3) is 5.91 Å². The predicted molar refractivity (Wildman–Crippen MR) is 92.9 cm³/mol. The minimum atomic E-state index is -0.424. The van der Waals surface area contributed by atoms with Crippen LogP contribution < -0.4 is 5.32 Å². The summed E-state index contributed by atoms with van der Waals surface area (Å²) in [6.45, 7) is -0.195. The van der Waals surface area contributed by atoms with Crippen LogP contribution in [0.1, 0.15) is 79.6 Å². The van der Waals surface area contributed by atoms with Gasteiger partial charge in [0.1, 0.15) is 0 Å². The van der Waals surface area contributed by atoms with Crippen LogP contribution in [0.15, 0.2) is 24.3 Å². The third kappa shape index (κ3) is 4.59. The van der Waals surface area contributed by atoms with Gasteiger partial charge in [-0.05, 0) is 49.3 Å². The number of benzene rings is 1. The van der Waals surface area contributed by atoms with E-state index in [1.54, 1.807) is 0 Å². The molecule has 0 spiro atoms. The molecule has 24 heavy (non-hydrogen) atoms. The summed E-state index contributed by atoms with van der Waals surface area (Å²) in [5.74, 6) is 0.00171. The fraction of sp³-hybridized carbons (Fsp3) is 0.600. The zero-order valence-corrected chi connectivity index (χ0v) is 14.3. The standard InChI is InChI=1S/C20H27NO3/c22-19(21-18-8-4-5-9-18)14-24-20(23)17-12-10-16(11-13-17)15-6-2-1-3-7-15/h10-13,15,18H,1-9,14H2,(H,21,22). The van der Waals surface area contributed by atoms with Crippen molar-refractivity contribution in [1.82, 2.24) is 5.32 Å². The highest BCUT2D eigenvalue weighted by molar-refractivity contribution is 5.91. The van der Waals surface area contributed by atoms with Gasteiger partial charge in [-0.2, -0.15) is 0 Å². The number of esters is 1. The van der Waals surface area contributed by atoms with Gasteiger partial charge < -0.3 is 10.1 Å². The van der Waals surface area contributed by atoms with Crippen molar-refractivity contribution in [3.05, 3.63) is 35.4 Å². The minimum Gasteiger partial charge on any atom is -0.452 e. The number of hydrogen-bond acceptors (Lipinski definition) is 3. The summed E-state index contributed by atoms with van der Waals surface area (Å²) in [7, 11) is 0. The highest BCUT2D eigenvalue weighted by Crippen LogP contribution is 2.32. The van der Waals surface area contributed by atoms with Gasteiger partial charge in [0.2, 0.25) is 0 Å². The lowest BCUT2D eigenvalue weighted by Gasteiger charge is -2.22. The molecule has 2 aliphatic rings. The number of carbonyl (C=O) groups is 2. The van der Waals surface area contributed by atoms with Crippen molar-refractivity contribution in [2.75, 3.05) is 6.61 Å². The van der Waals surface area contributed by atoms with Gasteiger partial charge in [-0.25, -0.2) is 4.79 Å². The second kappa shape index (κ2) is 8.32. The van der Waals surface area contributed by atoms with Crippen molar-refractivity contribution in [2.24, 2.45) is 0 Å². The van der Waals surface area contributed by atoms with Gasteiger partial charge in [0.05, 0.1) is 5.56 Å². The molecule has 2 aliphatic carbocycles. The average molecular weight is 329 g/mol. The van der Waals surface area contributed by atoms with E-state index in [4.69, 9.17) is 4.74 Å². The molecule has 1 aromatic carbocycles. The molecule has 0 aromatic heterocycles. The summed E-state index contributed by atoms with van der Waals surface area (Å²) in [5.41, 5.74) is 1.83. The molecule has 2 fully saturated rings. The Hall–Kier alpha value is -1.84. The first kappa shape index (κ1) is 17.0. The van der Waals surface area contributed by atoms with Crippen LogP contribution in [0, 0.1) is 0 Å². The molecule has 2 saturated carbocycles. The predicted octanol–water partition coefficient (Wildman–Crippen LogP) is 3.95. The molecular formula is C20H27NO3. The molecule has 0 bridgehead atoms. The van der Waals surface area contributed by atoms with Crippen LogP contribution in [-0.2, 0) is 9.53 Å². The molecule has 1 N–H and O–H groups in total. The van der Waals surface area contributed by atoms with E-state index in [0.717, 1.165) is 25.7 Å². The van der Waals surface area contributed by atoms with E-state index >= 15 is 0 Å². The van der Waals surface area contributed by atoms with E-state index in [2.05, 4.69) is 5.32 Å². The van der Waals surface area contributed by atoms with Gasteiger partial charge in [-0.1, -0.05) is 44.2 Å². The van der Waals surface area contributed by atoms with E-state index < -0.39 is 5.97 Å². The van der Waals surface area contributed by atoms with E-state index in [9.17, 15) is 9.59 Å². The Morgan fingerprint density at radius 2 is 1.54 bits per heavy atom. The van der Waals surface area contributed by atoms with Crippen LogP contribution in [-0.4, -0.2) is 24.5 Å². The minimum absolute atomic E-state index is 0.195. The summed E-state index contributed by atoms with van der Waals surface area (Å²) in [6, 6.07) is 7.96.